The van der Waals surface area contributed by atoms with Crippen LogP contribution in [0, 0.1) is 11.3 Å². The van der Waals surface area contributed by atoms with Gasteiger partial charge >= 0.3 is 0 Å². The predicted octanol–water partition coefficient (Wildman–Crippen LogP) is 5.45. The van der Waals surface area contributed by atoms with Crippen LogP contribution in [0.1, 0.15) is 74.2 Å². The second-order valence-electron chi connectivity index (χ2n) is 6.40. The third-order valence-corrected chi connectivity index (χ3v) is 4.56. The van der Waals surface area contributed by atoms with Gasteiger partial charge in [0.1, 0.15) is 6.07 Å². The first-order chi connectivity index (χ1) is 12.1. The molecule has 0 saturated carbocycles. The zero-order valence-corrected chi connectivity index (χ0v) is 14.7. The third kappa shape index (κ3) is 4.30. The molecule has 0 unspecified atom stereocenters. The molecule has 0 fully saturated rings. The van der Waals surface area contributed by atoms with Crippen molar-refractivity contribution in [1.82, 2.24) is 0 Å². The maximum absolute atomic E-state index is 12.6. The van der Waals surface area contributed by atoms with E-state index in [4.69, 9.17) is 0 Å². The summed E-state index contributed by atoms with van der Waals surface area (Å²) in [6.07, 6.45) is 7.90. The van der Waals surface area contributed by atoms with Gasteiger partial charge in [-0.15, -0.1) is 0 Å². The van der Waals surface area contributed by atoms with Crippen LogP contribution in [0.5, 0.6) is 11.5 Å². The van der Waals surface area contributed by atoms with Gasteiger partial charge in [0.2, 0.25) is 0 Å². The standard InChI is InChI=1S/C21H25NO3/c1-2-3-4-5-6-7-8-13-18(23)19-17(14-22)15-11-9-10-12-16(15)20(24)21(19)25/h9-12,24-25H,2-8,13H2,1H3. The van der Waals surface area contributed by atoms with Crippen LogP contribution >= 0.6 is 0 Å². The van der Waals surface area contributed by atoms with Crippen molar-refractivity contribution in [1.29, 1.82) is 5.26 Å². The highest BCUT2D eigenvalue weighted by Gasteiger charge is 2.23. The van der Waals surface area contributed by atoms with E-state index in [-0.39, 0.29) is 29.1 Å². The number of carbonyl (C=O) groups excluding carboxylic acids is 1. The van der Waals surface area contributed by atoms with Gasteiger partial charge in [0, 0.05) is 17.2 Å². The van der Waals surface area contributed by atoms with Crippen molar-refractivity contribution < 1.29 is 15.0 Å². The van der Waals surface area contributed by atoms with Crippen molar-refractivity contribution in [3.05, 3.63) is 35.4 Å². The first-order valence-corrected chi connectivity index (χ1v) is 9.01. The van der Waals surface area contributed by atoms with Gasteiger partial charge in [0.15, 0.2) is 17.3 Å². The molecule has 2 aromatic rings. The van der Waals surface area contributed by atoms with Gasteiger partial charge in [-0.2, -0.15) is 5.26 Å². The van der Waals surface area contributed by atoms with E-state index >= 15 is 0 Å². The Bertz CT molecular complexity index is 790. The molecule has 132 valence electrons. The lowest BCUT2D eigenvalue weighted by atomic mass is 9.93. The zero-order valence-electron chi connectivity index (χ0n) is 14.7. The Morgan fingerprint density at radius 2 is 1.56 bits per heavy atom. The highest BCUT2D eigenvalue weighted by atomic mass is 16.3. The SMILES string of the molecule is CCCCCCCCCC(=O)c1c(O)c(O)c2ccccc2c1C#N. The van der Waals surface area contributed by atoms with Crippen LogP contribution in [0.4, 0.5) is 0 Å². The van der Waals surface area contributed by atoms with Crippen molar-refractivity contribution in [3.63, 3.8) is 0 Å². The van der Waals surface area contributed by atoms with Crippen molar-refractivity contribution in [2.45, 2.75) is 58.3 Å². The summed E-state index contributed by atoms with van der Waals surface area (Å²) in [7, 11) is 0. The van der Waals surface area contributed by atoms with E-state index in [2.05, 4.69) is 6.92 Å². The lowest BCUT2D eigenvalue weighted by Crippen LogP contribution is -2.04. The van der Waals surface area contributed by atoms with Gasteiger partial charge in [-0.05, 0) is 6.42 Å². The number of phenolic OH excluding ortho intramolecular Hbond substituents is 2. The van der Waals surface area contributed by atoms with Crippen LogP contribution in [0.25, 0.3) is 10.8 Å². The van der Waals surface area contributed by atoms with Gasteiger partial charge in [0.25, 0.3) is 0 Å². The van der Waals surface area contributed by atoms with E-state index in [1.807, 2.05) is 6.07 Å². The number of Topliss-reactive ketones (excluding diaryl/α,β-unsaturated/α-hetero) is 1. The molecule has 0 saturated heterocycles. The van der Waals surface area contributed by atoms with Gasteiger partial charge in [-0.25, -0.2) is 0 Å². The molecular formula is C21H25NO3. The number of aromatic hydroxyl groups is 2. The van der Waals surface area contributed by atoms with Gasteiger partial charge in [0.05, 0.1) is 11.1 Å². The van der Waals surface area contributed by atoms with E-state index in [0.29, 0.717) is 10.8 Å². The highest BCUT2D eigenvalue weighted by molar-refractivity contribution is 6.09. The van der Waals surface area contributed by atoms with Gasteiger partial charge < -0.3 is 10.2 Å². The van der Waals surface area contributed by atoms with Crippen molar-refractivity contribution in [3.8, 4) is 17.6 Å². The molecule has 0 radical (unpaired) electrons. The number of rotatable bonds is 9. The van der Waals surface area contributed by atoms with Crippen LogP contribution in [-0.4, -0.2) is 16.0 Å². The molecule has 0 aromatic heterocycles. The number of nitriles is 1. The van der Waals surface area contributed by atoms with E-state index in [0.717, 1.165) is 19.3 Å². The Kier molecular flexibility index (Phi) is 6.82. The smallest absolute Gasteiger partial charge is 0.170 e. The monoisotopic (exact) mass is 339 g/mol. The van der Waals surface area contributed by atoms with Gasteiger partial charge in [-0.1, -0.05) is 69.7 Å². The Balaban J connectivity index is 2.13. The average Bonchev–Trinajstić information content (AvgIpc) is 2.63. The minimum Gasteiger partial charge on any atom is -0.504 e. The molecule has 2 aromatic carbocycles. The fourth-order valence-corrected chi connectivity index (χ4v) is 3.16. The fourth-order valence-electron chi connectivity index (χ4n) is 3.16. The summed E-state index contributed by atoms with van der Waals surface area (Å²) in [5.41, 5.74) is 0.0866. The minimum atomic E-state index is -0.483. The summed E-state index contributed by atoms with van der Waals surface area (Å²) in [6, 6.07) is 8.77. The number of carbonyl (C=O) groups is 1. The van der Waals surface area contributed by atoms with Crippen molar-refractivity contribution >= 4 is 16.6 Å². The van der Waals surface area contributed by atoms with Crippen LogP contribution in [0.15, 0.2) is 24.3 Å². The zero-order chi connectivity index (χ0) is 18.2. The highest BCUT2D eigenvalue weighted by Crippen LogP contribution is 2.40. The second-order valence-corrected chi connectivity index (χ2v) is 6.40. The maximum Gasteiger partial charge on any atom is 0.170 e. The average molecular weight is 339 g/mol. The summed E-state index contributed by atoms with van der Waals surface area (Å²) >= 11 is 0. The van der Waals surface area contributed by atoms with E-state index < -0.39 is 5.75 Å². The first-order valence-electron chi connectivity index (χ1n) is 9.01. The molecule has 0 spiro atoms. The van der Waals surface area contributed by atoms with Crippen LogP contribution in [0.2, 0.25) is 0 Å². The van der Waals surface area contributed by atoms with E-state index in [1.54, 1.807) is 24.3 Å². The summed E-state index contributed by atoms with van der Waals surface area (Å²) < 4.78 is 0. The molecule has 2 rings (SSSR count). The molecule has 0 aliphatic rings. The first kappa shape index (κ1) is 18.8. The largest absolute Gasteiger partial charge is 0.504 e. The number of benzene rings is 2. The molecular weight excluding hydrogens is 314 g/mol. The number of hydrogen-bond acceptors (Lipinski definition) is 4. The topological polar surface area (TPSA) is 81.3 Å². The maximum atomic E-state index is 12.6. The predicted molar refractivity (Wildman–Crippen MR) is 98.9 cm³/mol. The summed E-state index contributed by atoms with van der Waals surface area (Å²) in [4.78, 5) is 12.6. The number of hydrogen-bond donors (Lipinski definition) is 2. The Labute approximate surface area is 148 Å². The molecule has 0 atom stereocenters. The number of ketones is 1. The Morgan fingerprint density at radius 3 is 2.20 bits per heavy atom. The van der Waals surface area contributed by atoms with Crippen molar-refractivity contribution in [2.24, 2.45) is 0 Å². The van der Waals surface area contributed by atoms with Crippen LogP contribution < -0.4 is 0 Å². The van der Waals surface area contributed by atoms with Crippen LogP contribution in [0.3, 0.4) is 0 Å². The molecule has 2 N–H and O–H groups in total. The number of nitrogens with zero attached hydrogens (tertiary/aromatic N) is 1. The molecule has 0 aliphatic heterocycles. The minimum absolute atomic E-state index is 0.0512. The molecule has 25 heavy (non-hydrogen) atoms. The molecule has 4 nitrogen and oxygen atoms in total. The number of fused-ring (bicyclic) bond motifs is 1. The van der Waals surface area contributed by atoms with Gasteiger partial charge in [-0.3, -0.25) is 4.79 Å². The molecule has 0 amide bonds. The van der Waals surface area contributed by atoms with E-state index in [9.17, 15) is 20.3 Å². The summed E-state index contributed by atoms with van der Waals surface area (Å²) in [5.74, 6) is -1.11. The summed E-state index contributed by atoms with van der Waals surface area (Å²) in [5, 5.41) is 30.8. The Hall–Kier alpha value is -2.54. The lowest BCUT2D eigenvalue weighted by Gasteiger charge is -2.12. The molecule has 4 heteroatoms. The quantitative estimate of drug-likeness (QED) is 0.362. The van der Waals surface area contributed by atoms with Crippen molar-refractivity contribution in [2.75, 3.05) is 0 Å². The second kappa shape index (κ2) is 9.08. The molecule has 0 aliphatic carbocycles. The number of phenols is 2. The molecule has 0 heterocycles. The van der Waals surface area contributed by atoms with Crippen LogP contribution in [-0.2, 0) is 0 Å². The molecule has 0 bridgehead atoms. The lowest BCUT2D eigenvalue weighted by molar-refractivity contribution is 0.0975. The van der Waals surface area contributed by atoms with E-state index in [1.165, 1.54) is 25.7 Å². The fraction of sp³-hybridized carbons (Fsp3) is 0.429. The third-order valence-electron chi connectivity index (χ3n) is 4.56. The normalized spacial score (nSPS) is 10.7. The summed E-state index contributed by atoms with van der Waals surface area (Å²) in [6.45, 7) is 2.18. The number of unbranched alkanes of at least 4 members (excludes halogenated alkanes) is 6. The Morgan fingerprint density at radius 1 is 0.960 bits per heavy atom.